The van der Waals surface area contributed by atoms with Gasteiger partial charge < -0.3 is 14.7 Å². The van der Waals surface area contributed by atoms with Crippen molar-refractivity contribution in [1.29, 1.82) is 0 Å². The molecule has 5 aromatic rings. The van der Waals surface area contributed by atoms with Crippen molar-refractivity contribution in [2.75, 3.05) is 5.32 Å². The first-order chi connectivity index (χ1) is 12.8. The number of nitrogens with one attached hydrogen (secondary N) is 2. The number of hydrogen-bond donors (Lipinski definition) is 2. The van der Waals surface area contributed by atoms with Crippen LogP contribution in [-0.4, -0.2) is 19.6 Å². The summed E-state index contributed by atoms with van der Waals surface area (Å²) < 4.78 is 21.1. The Morgan fingerprint density at radius 1 is 1.15 bits per heavy atom. The van der Waals surface area contributed by atoms with E-state index in [4.69, 9.17) is 4.42 Å². The number of nitrogens with zero attached hydrogens (tertiary/aromatic N) is 3. The second kappa shape index (κ2) is 5.73. The third kappa shape index (κ3) is 2.50. The number of benzene rings is 1. The van der Waals surface area contributed by atoms with E-state index < -0.39 is 5.95 Å². The third-order valence-electron chi connectivity index (χ3n) is 4.27. The van der Waals surface area contributed by atoms with E-state index in [9.17, 15) is 4.39 Å². The van der Waals surface area contributed by atoms with Crippen molar-refractivity contribution in [2.24, 2.45) is 0 Å². The lowest BCUT2D eigenvalue weighted by atomic mass is 10.2. The first-order valence-corrected chi connectivity index (χ1v) is 8.17. The van der Waals surface area contributed by atoms with Crippen LogP contribution < -0.4 is 5.32 Å². The zero-order valence-electron chi connectivity index (χ0n) is 13.6. The molecule has 0 amide bonds. The van der Waals surface area contributed by atoms with Gasteiger partial charge in [0.2, 0.25) is 5.95 Å². The van der Waals surface area contributed by atoms with Crippen LogP contribution in [0.5, 0.6) is 0 Å². The molecule has 2 N–H and O–H groups in total. The Balaban J connectivity index is 1.51. The monoisotopic (exact) mass is 347 g/mol. The fourth-order valence-corrected chi connectivity index (χ4v) is 3.02. The zero-order chi connectivity index (χ0) is 17.5. The van der Waals surface area contributed by atoms with Crippen LogP contribution in [0.3, 0.4) is 0 Å². The number of H-pyrrole nitrogens is 1. The maximum Gasteiger partial charge on any atom is 0.237 e. The topological polar surface area (TPSA) is 71.2 Å². The molecule has 0 bridgehead atoms. The summed E-state index contributed by atoms with van der Waals surface area (Å²) >= 11 is 0. The molecule has 0 aliphatic carbocycles. The maximum absolute atomic E-state index is 14.3. The summed E-state index contributed by atoms with van der Waals surface area (Å²) in [5, 5.41) is 8.87. The van der Waals surface area contributed by atoms with Gasteiger partial charge in [0, 0.05) is 17.4 Å². The van der Waals surface area contributed by atoms with Gasteiger partial charge in [0.1, 0.15) is 11.5 Å². The molecule has 4 aromatic heterocycles. The van der Waals surface area contributed by atoms with Crippen LogP contribution in [0.4, 0.5) is 15.9 Å². The second-order valence-corrected chi connectivity index (χ2v) is 6.00. The summed E-state index contributed by atoms with van der Waals surface area (Å²) in [6.45, 7) is 0. The summed E-state index contributed by atoms with van der Waals surface area (Å²) in [5.74, 6) is 0.711. The van der Waals surface area contributed by atoms with Crippen molar-refractivity contribution in [1.82, 2.24) is 19.6 Å². The van der Waals surface area contributed by atoms with Gasteiger partial charge in [0.25, 0.3) is 0 Å². The van der Waals surface area contributed by atoms with Gasteiger partial charge in [0.15, 0.2) is 11.5 Å². The maximum atomic E-state index is 14.3. The molecule has 0 saturated heterocycles. The highest BCUT2D eigenvalue weighted by molar-refractivity contribution is 5.83. The Hall–Kier alpha value is -3.61. The van der Waals surface area contributed by atoms with E-state index in [0.29, 0.717) is 22.9 Å². The molecule has 26 heavy (non-hydrogen) atoms. The number of imidazole rings is 1. The standard InChI is InChI=1S/C19H14FN5O/c20-19-16(11-14-2-1-9-26-14)25-18(23-19)6-5-17(24-25)22-13-4-3-12-7-8-21-15(12)10-13/h1-10,21H,11H2,(H,22,24). The van der Waals surface area contributed by atoms with Gasteiger partial charge in [-0.25, -0.2) is 4.52 Å². The Labute approximate surface area is 147 Å². The average molecular weight is 347 g/mol. The predicted molar refractivity (Wildman–Crippen MR) is 96.0 cm³/mol. The van der Waals surface area contributed by atoms with Crippen LogP contribution in [0.2, 0.25) is 0 Å². The minimum Gasteiger partial charge on any atom is -0.469 e. The van der Waals surface area contributed by atoms with Crippen molar-refractivity contribution >= 4 is 28.1 Å². The molecular formula is C19H14FN5O. The first kappa shape index (κ1) is 14.7. The summed E-state index contributed by atoms with van der Waals surface area (Å²) in [4.78, 5) is 7.11. The molecule has 0 unspecified atom stereocenters. The number of furan rings is 1. The molecule has 0 aliphatic heterocycles. The molecule has 0 radical (unpaired) electrons. The van der Waals surface area contributed by atoms with Crippen molar-refractivity contribution in [3.63, 3.8) is 0 Å². The van der Waals surface area contributed by atoms with E-state index in [-0.39, 0.29) is 6.42 Å². The number of hydrogen-bond acceptors (Lipinski definition) is 4. The minimum absolute atomic E-state index is 0.283. The zero-order valence-corrected chi connectivity index (χ0v) is 13.6. The lowest BCUT2D eigenvalue weighted by molar-refractivity contribution is 0.506. The summed E-state index contributed by atoms with van der Waals surface area (Å²) in [6, 6.07) is 15.1. The molecule has 1 aromatic carbocycles. The van der Waals surface area contributed by atoms with E-state index in [1.807, 2.05) is 30.5 Å². The van der Waals surface area contributed by atoms with Gasteiger partial charge in [-0.3, -0.25) is 0 Å². The fourth-order valence-electron chi connectivity index (χ4n) is 3.02. The Bertz CT molecular complexity index is 1210. The highest BCUT2D eigenvalue weighted by Crippen LogP contribution is 2.22. The third-order valence-corrected chi connectivity index (χ3v) is 4.27. The minimum atomic E-state index is -0.543. The smallest absolute Gasteiger partial charge is 0.237 e. The number of aromatic amines is 1. The molecule has 7 heteroatoms. The Morgan fingerprint density at radius 3 is 3.00 bits per heavy atom. The van der Waals surface area contributed by atoms with Crippen molar-refractivity contribution < 1.29 is 8.81 Å². The van der Waals surface area contributed by atoms with Crippen LogP contribution in [0.15, 0.2) is 65.4 Å². The first-order valence-electron chi connectivity index (χ1n) is 8.17. The van der Waals surface area contributed by atoms with Crippen LogP contribution in [0, 0.1) is 5.95 Å². The van der Waals surface area contributed by atoms with E-state index in [2.05, 4.69) is 20.4 Å². The molecule has 0 fully saturated rings. The molecule has 6 nitrogen and oxygen atoms in total. The molecule has 0 spiro atoms. The number of halogens is 1. The van der Waals surface area contributed by atoms with E-state index in [1.165, 1.54) is 4.52 Å². The number of fused-ring (bicyclic) bond motifs is 2. The molecule has 0 saturated carbocycles. The largest absolute Gasteiger partial charge is 0.469 e. The fraction of sp³-hybridized carbons (Fsp3) is 0.0526. The molecule has 0 atom stereocenters. The lowest BCUT2D eigenvalue weighted by Crippen LogP contribution is -2.03. The second-order valence-electron chi connectivity index (χ2n) is 6.00. The van der Waals surface area contributed by atoms with Gasteiger partial charge in [0.05, 0.1) is 12.7 Å². The van der Waals surface area contributed by atoms with E-state index >= 15 is 0 Å². The predicted octanol–water partition coefficient (Wildman–Crippen LogP) is 4.28. The summed E-state index contributed by atoms with van der Waals surface area (Å²) in [5.41, 5.74) is 2.73. The highest BCUT2D eigenvalue weighted by Gasteiger charge is 2.15. The van der Waals surface area contributed by atoms with Crippen LogP contribution in [0.25, 0.3) is 16.6 Å². The van der Waals surface area contributed by atoms with E-state index in [1.54, 1.807) is 30.5 Å². The van der Waals surface area contributed by atoms with Crippen LogP contribution in [0.1, 0.15) is 11.5 Å². The van der Waals surface area contributed by atoms with Gasteiger partial charge in [-0.05, 0) is 47.9 Å². The molecule has 4 heterocycles. The van der Waals surface area contributed by atoms with E-state index in [0.717, 1.165) is 16.6 Å². The number of anilines is 2. The van der Waals surface area contributed by atoms with Gasteiger partial charge in [-0.15, -0.1) is 5.10 Å². The summed E-state index contributed by atoms with van der Waals surface area (Å²) in [6.07, 6.45) is 3.74. The number of rotatable bonds is 4. The average Bonchev–Trinajstić information content (AvgIpc) is 3.37. The molecular weight excluding hydrogens is 333 g/mol. The van der Waals surface area contributed by atoms with Gasteiger partial charge in [-0.1, -0.05) is 6.07 Å². The van der Waals surface area contributed by atoms with Crippen LogP contribution >= 0.6 is 0 Å². The van der Waals surface area contributed by atoms with Gasteiger partial charge in [-0.2, -0.15) is 9.37 Å². The van der Waals surface area contributed by atoms with Crippen LogP contribution in [-0.2, 0) is 6.42 Å². The summed E-state index contributed by atoms with van der Waals surface area (Å²) in [7, 11) is 0. The van der Waals surface area contributed by atoms with Gasteiger partial charge >= 0.3 is 0 Å². The van der Waals surface area contributed by atoms with Crippen molar-refractivity contribution in [2.45, 2.75) is 6.42 Å². The highest BCUT2D eigenvalue weighted by atomic mass is 19.1. The van der Waals surface area contributed by atoms with Crippen molar-refractivity contribution in [3.8, 4) is 0 Å². The van der Waals surface area contributed by atoms with Crippen molar-refractivity contribution in [3.05, 3.63) is 78.4 Å². The molecule has 128 valence electrons. The SMILES string of the molecule is Fc1nc2ccc(Nc3ccc4cc[nH]c4c3)nn2c1Cc1ccco1. The lowest BCUT2D eigenvalue weighted by Gasteiger charge is -2.07. The Kier molecular flexibility index (Phi) is 3.24. The Morgan fingerprint density at radius 2 is 2.12 bits per heavy atom. The molecule has 0 aliphatic rings. The quantitative estimate of drug-likeness (QED) is 0.509. The normalized spacial score (nSPS) is 11.4. The number of aromatic nitrogens is 4. The molecule has 5 rings (SSSR count).